The maximum absolute atomic E-state index is 4.12. The first kappa shape index (κ1) is 6.83. The third kappa shape index (κ3) is 0.900. The fourth-order valence-corrected chi connectivity index (χ4v) is 1.87. The minimum atomic E-state index is 1.07. The fourth-order valence-electron chi connectivity index (χ4n) is 1.87. The lowest BCUT2D eigenvalue weighted by molar-refractivity contribution is 0.931. The van der Waals surface area contributed by atoms with Crippen LogP contribution >= 0.6 is 0 Å². The molecule has 0 spiro atoms. The van der Waals surface area contributed by atoms with Crippen LogP contribution in [0.5, 0.6) is 0 Å². The Morgan fingerprint density at radius 2 is 2.08 bits per heavy atom. The quantitative estimate of drug-likeness (QED) is 0.653. The third-order valence-corrected chi connectivity index (χ3v) is 2.55. The standard InChI is InChI=1S/C10H9N3/c1-2-8-6-12-13-10(8)9-3-4-11-5-7(1)9/h3-6H,1-2H2,(H,12,13). The second kappa shape index (κ2) is 2.42. The monoisotopic (exact) mass is 171 g/mol. The first-order valence-electron chi connectivity index (χ1n) is 4.40. The third-order valence-electron chi connectivity index (χ3n) is 2.55. The molecule has 1 N–H and O–H groups in total. The smallest absolute Gasteiger partial charge is 0.0686 e. The van der Waals surface area contributed by atoms with Gasteiger partial charge in [0.1, 0.15) is 0 Å². The van der Waals surface area contributed by atoms with Crippen molar-refractivity contribution in [3.63, 3.8) is 0 Å². The molecule has 0 aromatic carbocycles. The van der Waals surface area contributed by atoms with E-state index < -0.39 is 0 Å². The lowest BCUT2D eigenvalue weighted by Gasteiger charge is -2.13. The molecule has 3 nitrogen and oxygen atoms in total. The van der Waals surface area contributed by atoms with Crippen molar-refractivity contribution in [2.24, 2.45) is 0 Å². The number of rotatable bonds is 0. The number of nitrogens with one attached hydrogen (secondary N) is 1. The van der Waals surface area contributed by atoms with Crippen LogP contribution in [0.25, 0.3) is 11.3 Å². The molecule has 2 aromatic heterocycles. The zero-order chi connectivity index (χ0) is 8.67. The number of fused-ring (bicyclic) bond motifs is 3. The van der Waals surface area contributed by atoms with Crippen molar-refractivity contribution in [3.05, 3.63) is 35.8 Å². The Labute approximate surface area is 75.8 Å². The summed E-state index contributed by atoms with van der Waals surface area (Å²) in [5.41, 5.74) is 5.07. The van der Waals surface area contributed by atoms with Crippen molar-refractivity contribution in [1.82, 2.24) is 15.2 Å². The maximum Gasteiger partial charge on any atom is 0.0686 e. The van der Waals surface area contributed by atoms with E-state index >= 15 is 0 Å². The highest BCUT2D eigenvalue weighted by atomic mass is 15.1. The van der Waals surface area contributed by atoms with Crippen LogP contribution < -0.4 is 0 Å². The molecule has 0 fully saturated rings. The van der Waals surface area contributed by atoms with E-state index in [1.165, 1.54) is 22.4 Å². The van der Waals surface area contributed by atoms with Gasteiger partial charge in [0, 0.05) is 18.0 Å². The second-order valence-corrected chi connectivity index (χ2v) is 3.30. The predicted octanol–water partition coefficient (Wildman–Crippen LogP) is 1.57. The van der Waals surface area contributed by atoms with Crippen LogP contribution in [-0.4, -0.2) is 15.2 Å². The Hall–Kier alpha value is -1.64. The van der Waals surface area contributed by atoms with E-state index in [-0.39, 0.29) is 0 Å². The van der Waals surface area contributed by atoms with Gasteiger partial charge in [0.2, 0.25) is 0 Å². The molecule has 1 aliphatic rings. The zero-order valence-electron chi connectivity index (χ0n) is 7.12. The van der Waals surface area contributed by atoms with Gasteiger partial charge in [-0.1, -0.05) is 0 Å². The summed E-state index contributed by atoms with van der Waals surface area (Å²) in [5, 5.41) is 7.09. The number of aromatic amines is 1. The molecule has 0 unspecified atom stereocenters. The van der Waals surface area contributed by atoms with E-state index in [0.717, 1.165) is 12.8 Å². The molecular weight excluding hydrogens is 162 g/mol. The minimum absolute atomic E-state index is 1.07. The number of hydrogen-bond donors (Lipinski definition) is 1. The number of aryl methyl sites for hydroxylation is 2. The average Bonchev–Trinajstić information content (AvgIpc) is 2.65. The van der Waals surface area contributed by atoms with E-state index in [0.29, 0.717) is 0 Å². The van der Waals surface area contributed by atoms with Gasteiger partial charge in [-0.3, -0.25) is 10.1 Å². The summed E-state index contributed by atoms with van der Waals surface area (Å²) >= 11 is 0. The van der Waals surface area contributed by atoms with Gasteiger partial charge in [-0.05, 0) is 30.0 Å². The van der Waals surface area contributed by atoms with Gasteiger partial charge in [-0.2, -0.15) is 5.10 Å². The van der Waals surface area contributed by atoms with Crippen LogP contribution in [0.15, 0.2) is 24.7 Å². The van der Waals surface area contributed by atoms with Crippen molar-refractivity contribution in [2.45, 2.75) is 12.8 Å². The topological polar surface area (TPSA) is 41.6 Å². The lowest BCUT2D eigenvalue weighted by atomic mass is 9.92. The lowest BCUT2D eigenvalue weighted by Crippen LogP contribution is -2.02. The van der Waals surface area contributed by atoms with Crippen LogP contribution in [0.3, 0.4) is 0 Å². The Bertz CT molecular complexity index is 445. The molecule has 3 rings (SSSR count). The molecule has 0 aliphatic heterocycles. The molecule has 2 heterocycles. The summed E-state index contributed by atoms with van der Waals surface area (Å²) in [6.07, 6.45) is 7.84. The van der Waals surface area contributed by atoms with Crippen LogP contribution in [0, 0.1) is 0 Å². The van der Waals surface area contributed by atoms with E-state index in [2.05, 4.69) is 15.2 Å². The molecule has 13 heavy (non-hydrogen) atoms. The molecule has 1 aliphatic carbocycles. The van der Waals surface area contributed by atoms with Gasteiger partial charge in [0.25, 0.3) is 0 Å². The van der Waals surface area contributed by atoms with Gasteiger partial charge >= 0.3 is 0 Å². The van der Waals surface area contributed by atoms with E-state index in [4.69, 9.17) is 0 Å². The Kier molecular flexibility index (Phi) is 1.27. The molecule has 0 atom stereocenters. The molecule has 2 aromatic rings. The molecule has 0 saturated heterocycles. The van der Waals surface area contributed by atoms with E-state index in [1.807, 2.05) is 24.7 Å². The number of nitrogens with zero attached hydrogens (tertiary/aromatic N) is 2. The Morgan fingerprint density at radius 1 is 1.15 bits per heavy atom. The zero-order valence-corrected chi connectivity index (χ0v) is 7.12. The van der Waals surface area contributed by atoms with Crippen molar-refractivity contribution in [3.8, 4) is 11.3 Å². The molecule has 64 valence electrons. The van der Waals surface area contributed by atoms with Gasteiger partial charge in [-0.15, -0.1) is 0 Å². The van der Waals surface area contributed by atoms with E-state index in [9.17, 15) is 0 Å². The molecule has 0 radical (unpaired) electrons. The summed E-state index contributed by atoms with van der Waals surface area (Å²) in [4.78, 5) is 4.12. The summed E-state index contributed by atoms with van der Waals surface area (Å²) in [6.45, 7) is 0. The van der Waals surface area contributed by atoms with Gasteiger partial charge in [0.15, 0.2) is 0 Å². The fraction of sp³-hybridized carbons (Fsp3) is 0.200. The number of aromatic nitrogens is 3. The summed E-state index contributed by atoms with van der Waals surface area (Å²) in [6, 6.07) is 2.05. The SMILES string of the molecule is c1cc2c(cn1)CCc1cn[nH]c1-2. The molecular formula is C10H9N3. The van der Waals surface area contributed by atoms with Gasteiger partial charge in [0.05, 0.1) is 11.9 Å². The first-order valence-corrected chi connectivity index (χ1v) is 4.40. The average molecular weight is 171 g/mol. The minimum Gasteiger partial charge on any atom is -0.278 e. The van der Waals surface area contributed by atoms with Crippen molar-refractivity contribution in [1.29, 1.82) is 0 Å². The van der Waals surface area contributed by atoms with Crippen LogP contribution in [0.2, 0.25) is 0 Å². The molecule has 3 heteroatoms. The molecule has 0 saturated carbocycles. The van der Waals surface area contributed by atoms with Gasteiger partial charge < -0.3 is 0 Å². The second-order valence-electron chi connectivity index (χ2n) is 3.30. The summed E-state index contributed by atoms with van der Waals surface area (Å²) in [7, 11) is 0. The number of H-pyrrole nitrogens is 1. The summed E-state index contributed by atoms with van der Waals surface area (Å²) in [5.74, 6) is 0. The largest absolute Gasteiger partial charge is 0.278 e. The maximum atomic E-state index is 4.12. The highest BCUT2D eigenvalue weighted by molar-refractivity contribution is 5.68. The molecule has 0 amide bonds. The predicted molar refractivity (Wildman–Crippen MR) is 49.2 cm³/mol. The normalized spacial score (nSPS) is 13.5. The van der Waals surface area contributed by atoms with Gasteiger partial charge in [-0.25, -0.2) is 0 Å². The highest BCUT2D eigenvalue weighted by Crippen LogP contribution is 2.30. The Morgan fingerprint density at radius 3 is 3.08 bits per heavy atom. The van der Waals surface area contributed by atoms with E-state index in [1.54, 1.807) is 0 Å². The first-order chi connectivity index (χ1) is 6.45. The number of pyridine rings is 1. The number of hydrogen-bond acceptors (Lipinski definition) is 2. The summed E-state index contributed by atoms with van der Waals surface area (Å²) < 4.78 is 0. The van der Waals surface area contributed by atoms with Crippen molar-refractivity contribution in [2.75, 3.05) is 0 Å². The van der Waals surface area contributed by atoms with Crippen molar-refractivity contribution < 1.29 is 0 Å². The van der Waals surface area contributed by atoms with Crippen LogP contribution in [-0.2, 0) is 12.8 Å². The Balaban J connectivity index is 2.30. The van der Waals surface area contributed by atoms with Crippen LogP contribution in [0.4, 0.5) is 0 Å². The van der Waals surface area contributed by atoms with Crippen LogP contribution in [0.1, 0.15) is 11.1 Å². The highest BCUT2D eigenvalue weighted by Gasteiger charge is 2.16. The van der Waals surface area contributed by atoms with Crippen molar-refractivity contribution >= 4 is 0 Å². The molecule has 0 bridgehead atoms.